The van der Waals surface area contributed by atoms with Gasteiger partial charge >= 0.3 is 0 Å². The third-order valence-corrected chi connectivity index (χ3v) is 7.92. The Kier molecular flexibility index (Phi) is 5.82. The Morgan fingerprint density at radius 2 is 2.16 bits per heavy atom. The van der Waals surface area contributed by atoms with E-state index < -0.39 is 5.41 Å². The summed E-state index contributed by atoms with van der Waals surface area (Å²) in [4.78, 5) is 28.1. The van der Waals surface area contributed by atoms with Gasteiger partial charge in [0.1, 0.15) is 10.4 Å². The van der Waals surface area contributed by atoms with Crippen LogP contribution in [0.2, 0.25) is 0 Å². The van der Waals surface area contributed by atoms with Crippen LogP contribution in [0.25, 0.3) is 20.8 Å². The maximum Gasteiger partial charge on any atom is 0.251 e. The van der Waals surface area contributed by atoms with Crippen molar-refractivity contribution >= 4 is 33.3 Å². The van der Waals surface area contributed by atoms with E-state index in [4.69, 9.17) is 4.74 Å². The van der Waals surface area contributed by atoms with Gasteiger partial charge in [-0.1, -0.05) is 6.07 Å². The van der Waals surface area contributed by atoms with E-state index in [-0.39, 0.29) is 18.3 Å². The lowest BCUT2D eigenvalue weighted by Gasteiger charge is -2.32. The number of ether oxygens (including phenoxy) is 1. The van der Waals surface area contributed by atoms with E-state index in [0.29, 0.717) is 46.4 Å². The third-order valence-electron chi connectivity index (χ3n) is 6.88. The van der Waals surface area contributed by atoms with Crippen LogP contribution in [0, 0.1) is 17.1 Å². The van der Waals surface area contributed by atoms with E-state index in [0.717, 1.165) is 35.3 Å². The van der Waals surface area contributed by atoms with E-state index in [9.17, 15) is 10.1 Å². The fourth-order valence-corrected chi connectivity index (χ4v) is 5.53. The summed E-state index contributed by atoms with van der Waals surface area (Å²) in [6.07, 6.45) is 4.35. The number of rotatable bonds is 5. The molecule has 0 spiro atoms. The number of amides is 1. The summed E-state index contributed by atoms with van der Waals surface area (Å²) in [5.41, 5.74) is 3.19. The summed E-state index contributed by atoms with van der Waals surface area (Å²) in [5, 5.41) is 13.1. The lowest BCUT2D eigenvalue weighted by Crippen LogP contribution is -2.38. The van der Waals surface area contributed by atoms with Crippen molar-refractivity contribution < 1.29 is 13.9 Å². The van der Waals surface area contributed by atoms with Gasteiger partial charge in [-0.25, -0.2) is 14.4 Å². The van der Waals surface area contributed by atoms with Crippen molar-refractivity contribution in [2.45, 2.75) is 31.9 Å². The number of carbonyl (C=O) groups excluding carboxylic acids is 1. The fourth-order valence-electron chi connectivity index (χ4n) is 4.60. The quantitative estimate of drug-likeness (QED) is 0.422. The van der Waals surface area contributed by atoms with Crippen molar-refractivity contribution in [1.82, 2.24) is 20.3 Å². The van der Waals surface area contributed by atoms with Crippen LogP contribution in [0.3, 0.4) is 0 Å². The lowest BCUT2D eigenvalue weighted by atomic mass is 9.79. The van der Waals surface area contributed by atoms with E-state index >= 15 is 4.39 Å². The van der Waals surface area contributed by atoms with Crippen molar-refractivity contribution in [3.05, 3.63) is 70.9 Å². The molecule has 1 amide bonds. The molecule has 0 bridgehead atoms. The number of pyridine rings is 2. The first kappa shape index (κ1) is 23.5. The molecule has 186 valence electrons. The molecule has 1 atom stereocenters. The molecular weight excluding hydrogens is 491 g/mol. The highest BCUT2D eigenvalue weighted by atomic mass is 32.1. The molecule has 3 aromatic heterocycles. The minimum absolute atomic E-state index is 0.208. The Morgan fingerprint density at radius 1 is 1.30 bits per heavy atom. The Morgan fingerprint density at radius 3 is 2.95 bits per heavy atom. The zero-order valence-corrected chi connectivity index (χ0v) is 20.9. The minimum Gasteiger partial charge on any atom is -0.375 e. The lowest BCUT2D eigenvalue weighted by molar-refractivity contribution is 0.0757. The summed E-state index contributed by atoms with van der Waals surface area (Å²) in [6, 6.07) is 11.1. The molecule has 6 rings (SSSR count). The number of nitrogens with zero attached hydrogens (tertiary/aromatic N) is 5. The van der Waals surface area contributed by atoms with Crippen LogP contribution in [-0.4, -0.2) is 40.6 Å². The molecule has 1 saturated heterocycles. The summed E-state index contributed by atoms with van der Waals surface area (Å²) >= 11 is 1.37. The second kappa shape index (κ2) is 9.18. The number of hydrogen-bond donors (Lipinski definition) is 1. The average Bonchev–Trinajstić information content (AvgIpc) is 3.30. The van der Waals surface area contributed by atoms with Gasteiger partial charge in [0.15, 0.2) is 11.6 Å². The second-order valence-electron chi connectivity index (χ2n) is 9.49. The van der Waals surface area contributed by atoms with E-state index in [1.165, 1.54) is 11.3 Å². The topological polar surface area (TPSA) is 104 Å². The van der Waals surface area contributed by atoms with Gasteiger partial charge in [-0.2, -0.15) is 5.26 Å². The standard InChI is InChI=1S/C27H23FN6O2S/c1-27(14-29)15-36-13-17-4-3-16(9-20(17)27)25(35)32-11-18-10-21-22(12-31-18)37-26(33-21)19-5-6-30-24(23(19)28)34-7-2-8-34/h3-6,9-10,12H,2,7-8,11,13,15H2,1H3,(H,32,35)/t27-/m1/s1. The van der Waals surface area contributed by atoms with Gasteiger partial charge in [0, 0.05) is 31.0 Å². The van der Waals surface area contributed by atoms with Crippen LogP contribution in [-0.2, 0) is 23.3 Å². The van der Waals surface area contributed by atoms with Crippen LogP contribution in [0.1, 0.15) is 40.5 Å². The maximum atomic E-state index is 15.2. The maximum absolute atomic E-state index is 15.2. The molecule has 0 radical (unpaired) electrons. The molecule has 2 aliphatic rings. The van der Waals surface area contributed by atoms with Crippen LogP contribution in [0.15, 0.2) is 42.7 Å². The molecule has 4 aromatic rings. The third kappa shape index (κ3) is 4.20. The Labute approximate surface area is 216 Å². The van der Waals surface area contributed by atoms with Gasteiger partial charge in [-0.3, -0.25) is 9.78 Å². The van der Waals surface area contributed by atoms with Gasteiger partial charge in [0.05, 0.1) is 47.3 Å². The molecule has 1 fully saturated rings. The molecular formula is C27H23FN6O2S. The predicted molar refractivity (Wildman–Crippen MR) is 138 cm³/mol. The van der Waals surface area contributed by atoms with E-state index in [2.05, 4.69) is 26.3 Å². The van der Waals surface area contributed by atoms with Gasteiger partial charge in [-0.05, 0) is 48.7 Å². The van der Waals surface area contributed by atoms with Crippen LogP contribution >= 0.6 is 11.3 Å². The zero-order valence-electron chi connectivity index (χ0n) is 20.1. The monoisotopic (exact) mass is 514 g/mol. The summed E-state index contributed by atoms with van der Waals surface area (Å²) in [7, 11) is 0. The Hall–Kier alpha value is -3.94. The first-order chi connectivity index (χ1) is 17.9. The summed E-state index contributed by atoms with van der Waals surface area (Å²) < 4.78 is 21.5. The van der Waals surface area contributed by atoms with Crippen LogP contribution in [0.4, 0.5) is 10.2 Å². The highest BCUT2D eigenvalue weighted by Crippen LogP contribution is 2.35. The number of nitrogens with one attached hydrogen (secondary N) is 1. The number of benzene rings is 1. The Bertz CT molecular complexity index is 1580. The van der Waals surface area contributed by atoms with Crippen molar-refractivity contribution in [2.24, 2.45) is 0 Å². The normalized spacial score (nSPS) is 18.7. The summed E-state index contributed by atoms with van der Waals surface area (Å²) in [5.74, 6) is -0.243. The SMILES string of the molecule is C[C@@]1(C#N)COCc2ccc(C(=O)NCc3cc4nc(-c5ccnc(N6CCC6)c5F)sc4cn3)cc21. The first-order valence-electron chi connectivity index (χ1n) is 12.0. The number of nitriles is 1. The smallest absolute Gasteiger partial charge is 0.251 e. The highest BCUT2D eigenvalue weighted by Gasteiger charge is 2.33. The molecule has 0 aliphatic carbocycles. The number of aromatic nitrogens is 3. The van der Waals surface area contributed by atoms with Gasteiger partial charge in [0.2, 0.25) is 0 Å². The molecule has 1 N–H and O–H groups in total. The molecule has 0 unspecified atom stereocenters. The molecule has 5 heterocycles. The number of hydrogen-bond acceptors (Lipinski definition) is 8. The fraction of sp³-hybridized carbons (Fsp3) is 0.296. The van der Waals surface area contributed by atoms with Gasteiger partial charge < -0.3 is 15.0 Å². The number of halogens is 1. The van der Waals surface area contributed by atoms with Gasteiger partial charge in [-0.15, -0.1) is 11.3 Å². The Balaban J connectivity index is 1.20. The number of carbonyl (C=O) groups is 1. The van der Waals surface area contributed by atoms with E-state index in [1.54, 1.807) is 30.6 Å². The number of fused-ring (bicyclic) bond motifs is 2. The zero-order chi connectivity index (χ0) is 25.6. The predicted octanol–water partition coefficient (Wildman–Crippen LogP) is 4.34. The molecule has 0 saturated carbocycles. The van der Waals surface area contributed by atoms with Crippen LogP contribution in [0.5, 0.6) is 0 Å². The molecule has 1 aromatic carbocycles. The van der Waals surface area contributed by atoms with Crippen molar-refractivity contribution in [1.29, 1.82) is 5.26 Å². The van der Waals surface area contributed by atoms with Crippen molar-refractivity contribution in [3.63, 3.8) is 0 Å². The van der Waals surface area contributed by atoms with Crippen molar-refractivity contribution in [2.75, 3.05) is 24.6 Å². The van der Waals surface area contributed by atoms with E-state index in [1.807, 2.05) is 24.0 Å². The second-order valence-corrected chi connectivity index (χ2v) is 10.5. The molecule has 2 aliphatic heterocycles. The summed E-state index contributed by atoms with van der Waals surface area (Å²) in [6.45, 7) is 4.37. The number of thiazole rings is 1. The van der Waals surface area contributed by atoms with Crippen molar-refractivity contribution in [3.8, 4) is 16.6 Å². The van der Waals surface area contributed by atoms with Crippen LogP contribution < -0.4 is 10.2 Å². The first-order valence-corrected chi connectivity index (χ1v) is 12.8. The average molecular weight is 515 g/mol. The minimum atomic E-state index is -0.789. The molecule has 37 heavy (non-hydrogen) atoms. The largest absolute Gasteiger partial charge is 0.375 e. The molecule has 10 heteroatoms. The van der Waals surface area contributed by atoms with Gasteiger partial charge in [0.25, 0.3) is 5.91 Å². The molecule has 8 nitrogen and oxygen atoms in total. The highest BCUT2D eigenvalue weighted by molar-refractivity contribution is 7.21. The number of anilines is 1.